The van der Waals surface area contributed by atoms with Crippen molar-refractivity contribution in [1.82, 2.24) is 13.9 Å². The minimum atomic E-state index is -3.56. The second-order valence-corrected chi connectivity index (χ2v) is 11.4. The Bertz CT molecular complexity index is 1090. The molecular weight excluding hydrogens is 426 g/mol. The topological polar surface area (TPSA) is 104 Å². The number of nitrogens with zero attached hydrogens (tertiary/aromatic N) is 2. The molecule has 0 aliphatic rings. The third kappa shape index (κ3) is 5.25. The van der Waals surface area contributed by atoms with Gasteiger partial charge in [-0.25, -0.2) is 21.1 Å². The molecule has 0 fully saturated rings. The second kappa shape index (κ2) is 9.25. The normalized spacial score (nSPS) is 12.5. The Labute approximate surface area is 178 Å². The molecule has 0 unspecified atom stereocenters. The van der Waals surface area contributed by atoms with E-state index < -0.39 is 20.0 Å². The highest BCUT2D eigenvalue weighted by Gasteiger charge is 2.23. The molecular formula is C20H27N3O5S2. The molecule has 0 aliphatic heterocycles. The van der Waals surface area contributed by atoms with Crippen LogP contribution in [0.2, 0.25) is 0 Å². The molecule has 164 valence electrons. The Balaban J connectivity index is 2.05. The van der Waals surface area contributed by atoms with E-state index in [0.29, 0.717) is 5.56 Å². The van der Waals surface area contributed by atoms with Gasteiger partial charge in [0.2, 0.25) is 20.0 Å². The molecule has 8 nitrogen and oxygen atoms in total. The van der Waals surface area contributed by atoms with Crippen LogP contribution in [-0.4, -0.2) is 58.5 Å². The fourth-order valence-electron chi connectivity index (χ4n) is 2.50. The fourth-order valence-corrected chi connectivity index (χ4v) is 4.77. The molecule has 2 aromatic carbocycles. The van der Waals surface area contributed by atoms with Gasteiger partial charge in [-0.15, -0.1) is 0 Å². The number of hydrogen-bond donors (Lipinski definition) is 1. The molecule has 30 heavy (non-hydrogen) atoms. The van der Waals surface area contributed by atoms with E-state index in [1.54, 1.807) is 26.0 Å². The quantitative estimate of drug-likeness (QED) is 0.657. The number of carbonyl (C=O) groups is 1. The van der Waals surface area contributed by atoms with E-state index in [1.165, 1.54) is 61.8 Å². The summed E-state index contributed by atoms with van der Waals surface area (Å²) in [7, 11) is -2.71. The number of carbonyl (C=O) groups excluding carboxylic acids is 1. The van der Waals surface area contributed by atoms with E-state index in [1.807, 2.05) is 0 Å². The van der Waals surface area contributed by atoms with E-state index in [2.05, 4.69) is 5.32 Å². The number of sulfonamides is 2. The van der Waals surface area contributed by atoms with Crippen molar-refractivity contribution in [2.24, 2.45) is 0 Å². The Hall–Kier alpha value is -2.27. The largest absolute Gasteiger partial charge is 0.348 e. The first-order valence-corrected chi connectivity index (χ1v) is 12.1. The van der Waals surface area contributed by atoms with E-state index in [4.69, 9.17) is 0 Å². The smallest absolute Gasteiger partial charge is 0.251 e. The minimum Gasteiger partial charge on any atom is -0.348 e. The molecule has 0 saturated carbocycles. The molecule has 10 heteroatoms. The second-order valence-electron chi connectivity index (χ2n) is 7.25. The van der Waals surface area contributed by atoms with Crippen LogP contribution >= 0.6 is 0 Å². The van der Waals surface area contributed by atoms with Gasteiger partial charge in [0.15, 0.2) is 0 Å². The summed E-state index contributed by atoms with van der Waals surface area (Å²) in [6, 6.07) is 11.8. The highest BCUT2D eigenvalue weighted by Crippen LogP contribution is 2.17. The first-order valence-electron chi connectivity index (χ1n) is 9.25. The van der Waals surface area contributed by atoms with Crippen LogP contribution in [0.15, 0.2) is 58.3 Å². The summed E-state index contributed by atoms with van der Waals surface area (Å²) in [5.41, 5.74) is 1.06. The number of benzene rings is 2. The SMILES string of the molecule is CC(C)N(C)S(=O)(=O)c1ccc(CNC(=O)c2ccc(S(=O)(=O)N(C)C)cc2)cc1. The maximum absolute atomic E-state index is 12.5. The Kier molecular flexibility index (Phi) is 7.40. The van der Waals surface area contributed by atoms with Gasteiger partial charge in [0, 0.05) is 39.3 Å². The zero-order valence-corrected chi connectivity index (χ0v) is 19.3. The lowest BCUT2D eigenvalue weighted by Gasteiger charge is -2.21. The standard InChI is InChI=1S/C20H27N3O5S2/c1-15(2)23(5)30(27,28)19-10-6-16(7-11-19)14-21-20(24)17-8-12-18(13-9-17)29(25,26)22(3)4/h6-13,15H,14H2,1-5H3,(H,21,24). The summed E-state index contributed by atoms with van der Waals surface area (Å²) < 4.78 is 51.5. The third-order valence-electron chi connectivity index (χ3n) is 4.68. The fraction of sp³-hybridized carbons (Fsp3) is 0.350. The monoisotopic (exact) mass is 453 g/mol. The Morgan fingerprint density at radius 3 is 1.77 bits per heavy atom. The van der Waals surface area contributed by atoms with E-state index in [9.17, 15) is 21.6 Å². The molecule has 2 aromatic rings. The van der Waals surface area contributed by atoms with Crippen molar-refractivity contribution < 1.29 is 21.6 Å². The first kappa shape index (κ1) is 24.0. The van der Waals surface area contributed by atoms with Crippen molar-refractivity contribution >= 4 is 26.0 Å². The van der Waals surface area contributed by atoms with Gasteiger partial charge in [0.25, 0.3) is 5.91 Å². The van der Waals surface area contributed by atoms with Gasteiger partial charge >= 0.3 is 0 Å². The molecule has 2 rings (SSSR count). The van der Waals surface area contributed by atoms with Crippen LogP contribution in [0, 0.1) is 0 Å². The molecule has 0 saturated heterocycles. The molecule has 1 amide bonds. The van der Waals surface area contributed by atoms with Crippen molar-refractivity contribution in [2.45, 2.75) is 36.2 Å². The third-order valence-corrected chi connectivity index (χ3v) is 8.55. The van der Waals surface area contributed by atoms with Crippen LogP contribution in [-0.2, 0) is 26.6 Å². The highest BCUT2D eigenvalue weighted by molar-refractivity contribution is 7.89. The lowest BCUT2D eigenvalue weighted by Crippen LogP contribution is -2.33. The van der Waals surface area contributed by atoms with Crippen LogP contribution in [0.4, 0.5) is 0 Å². The van der Waals surface area contributed by atoms with E-state index >= 15 is 0 Å². The number of amides is 1. The van der Waals surface area contributed by atoms with Gasteiger partial charge in [-0.2, -0.15) is 4.31 Å². The summed E-state index contributed by atoms with van der Waals surface area (Å²) in [5, 5.41) is 2.74. The first-order chi connectivity index (χ1) is 13.9. The van der Waals surface area contributed by atoms with Gasteiger partial charge in [0.1, 0.15) is 0 Å². The summed E-state index contributed by atoms with van der Waals surface area (Å²) in [5.74, 6) is -0.361. The summed E-state index contributed by atoms with van der Waals surface area (Å²) in [6.07, 6.45) is 0. The maximum Gasteiger partial charge on any atom is 0.251 e. The van der Waals surface area contributed by atoms with Gasteiger partial charge in [-0.3, -0.25) is 4.79 Å². The van der Waals surface area contributed by atoms with Crippen molar-refractivity contribution in [3.63, 3.8) is 0 Å². The predicted octanol–water partition coefficient (Wildman–Crippen LogP) is 1.90. The zero-order valence-electron chi connectivity index (χ0n) is 17.7. The summed E-state index contributed by atoms with van der Waals surface area (Å²) in [4.78, 5) is 12.6. The van der Waals surface area contributed by atoms with Gasteiger partial charge < -0.3 is 5.32 Å². The Morgan fingerprint density at radius 2 is 1.30 bits per heavy atom. The van der Waals surface area contributed by atoms with Crippen LogP contribution in [0.5, 0.6) is 0 Å². The van der Waals surface area contributed by atoms with Crippen LogP contribution in [0.3, 0.4) is 0 Å². The van der Waals surface area contributed by atoms with Crippen molar-refractivity contribution in [3.05, 3.63) is 59.7 Å². The molecule has 0 spiro atoms. The minimum absolute atomic E-state index is 0.104. The van der Waals surface area contributed by atoms with Crippen LogP contribution in [0.25, 0.3) is 0 Å². The van der Waals surface area contributed by atoms with E-state index in [-0.39, 0.29) is 28.3 Å². The number of nitrogens with one attached hydrogen (secondary N) is 1. The van der Waals surface area contributed by atoms with Crippen LogP contribution in [0.1, 0.15) is 29.8 Å². The van der Waals surface area contributed by atoms with Crippen molar-refractivity contribution in [1.29, 1.82) is 0 Å². The molecule has 0 heterocycles. The Morgan fingerprint density at radius 1 is 0.833 bits per heavy atom. The van der Waals surface area contributed by atoms with Crippen LogP contribution < -0.4 is 5.32 Å². The highest BCUT2D eigenvalue weighted by atomic mass is 32.2. The maximum atomic E-state index is 12.5. The summed E-state index contributed by atoms with van der Waals surface area (Å²) >= 11 is 0. The van der Waals surface area contributed by atoms with Crippen molar-refractivity contribution in [2.75, 3.05) is 21.1 Å². The average Bonchev–Trinajstić information content (AvgIpc) is 2.71. The van der Waals surface area contributed by atoms with Gasteiger partial charge in [-0.1, -0.05) is 12.1 Å². The number of hydrogen-bond acceptors (Lipinski definition) is 5. The zero-order chi connectivity index (χ0) is 22.7. The van der Waals surface area contributed by atoms with Crippen molar-refractivity contribution in [3.8, 4) is 0 Å². The lowest BCUT2D eigenvalue weighted by atomic mass is 10.2. The molecule has 0 bridgehead atoms. The number of rotatable bonds is 8. The van der Waals surface area contributed by atoms with E-state index in [0.717, 1.165) is 9.87 Å². The summed E-state index contributed by atoms with van der Waals surface area (Å²) in [6.45, 7) is 3.80. The van der Waals surface area contributed by atoms with Gasteiger partial charge in [0.05, 0.1) is 9.79 Å². The molecule has 1 N–H and O–H groups in total. The molecule has 0 aliphatic carbocycles. The molecule has 0 atom stereocenters. The lowest BCUT2D eigenvalue weighted by molar-refractivity contribution is 0.0950. The molecule has 0 aromatic heterocycles. The average molecular weight is 454 g/mol. The van der Waals surface area contributed by atoms with Gasteiger partial charge in [-0.05, 0) is 55.8 Å². The predicted molar refractivity (Wildman–Crippen MR) is 115 cm³/mol. The molecule has 0 radical (unpaired) electrons.